The van der Waals surface area contributed by atoms with Gasteiger partial charge in [-0.15, -0.1) is 0 Å². The molecule has 0 radical (unpaired) electrons. The van der Waals surface area contributed by atoms with E-state index in [0.29, 0.717) is 42.4 Å². The van der Waals surface area contributed by atoms with E-state index in [2.05, 4.69) is 27.7 Å². The molecule has 0 bridgehead atoms. The second kappa shape index (κ2) is 10.2. The summed E-state index contributed by atoms with van der Waals surface area (Å²) in [6, 6.07) is 0. The standard InChI is InChI=1S/C33H46O9/c1-17(13-23(35)36)14-24(37)41-21-15-32(6)22(10-9-19-25(32)29(39)42-28(19)38)33(7)16-20(40-18(2)34)26-30(3,4)11-8-12-31(26,5)27(21)33/h14,20-22,26-27,29,39H,8-13,15-16H2,1-7H3,(H,35,36)/t20-,21+,22+,26-,27+,29?,31-,32-,33-/m0/s1. The summed E-state index contributed by atoms with van der Waals surface area (Å²) in [6.45, 7) is 14.1. The fourth-order valence-corrected chi connectivity index (χ4v) is 11.1. The topological polar surface area (TPSA) is 136 Å². The summed E-state index contributed by atoms with van der Waals surface area (Å²) in [6.07, 6.45) is 3.82. The van der Waals surface area contributed by atoms with Crippen LogP contribution in [0.3, 0.4) is 0 Å². The number of hydrogen-bond donors (Lipinski definition) is 2. The van der Waals surface area contributed by atoms with E-state index in [1.807, 2.05) is 6.92 Å². The number of carbonyl (C=O) groups excluding carboxylic acids is 3. The molecular weight excluding hydrogens is 540 g/mol. The molecular formula is C33H46O9. The summed E-state index contributed by atoms with van der Waals surface area (Å²) in [5.41, 5.74) is -0.140. The third kappa shape index (κ3) is 4.70. The van der Waals surface area contributed by atoms with Crippen LogP contribution in [0.15, 0.2) is 22.8 Å². The minimum absolute atomic E-state index is 0.0120. The molecule has 1 unspecified atom stereocenters. The SMILES string of the molecule is CC(=O)O[C@H]1C[C@]2(C)[C@H]([C@H](OC(=O)C=C(C)CC(=O)O)C[C@]3(C)C4=C(CC[C@@H]23)C(=O)OC4O)[C@@]2(C)CCCC(C)(C)[C@H]12. The van der Waals surface area contributed by atoms with Crippen LogP contribution in [0.1, 0.15) is 99.8 Å². The van der Waals surface area contributed by atoms with E-state index in [1.165, 1.54) is 13.0 Å². The maximum Gasteiger partial charge on any atom is 0.336 e. The van der Waals surface area contributed by atoms with Crippen molar-refractivity contribution in [1.29, 1.82) is 0 Å². The van der Waals surface area contributed by atoms with Crippen molar-refractivity contribution < 1.29 is 43.6 Å². The molecule has 4 aliphatic carbocycles. The molecule has 0 aromatic carbocycles. The second-order valence-electron chi connectivity index (χ2n) is 15.1. The lowest BCUT2D eigenvalue weighted by molar-refractivity contribution is -0.266. The van der Waals surface area contributed by atoms with Crippen LogP contribution in [0, 0.1) is 39.4 Å². The Morgan fingerprint density at radius 1 is 0.976 bits per heavy atom. The zero-order chi connectivity index (χ0) is 31.0. The Morgan fingerprint density at radius 2 is 1.64 bits per heavy atom. The van der Waals surface area contributed by atoms with E-state index in [4.69, 9.17) is 14.2 Å². The molecule has 9 atom stereocenters. The monoisotopic (exact) mass is 586 g/mol. The second-order valence-corrected chi connectivity index (χ2v) is 15.1. The van der Waals surface area contributed by atoms with Gasteiger partial charge in [-0.05, 0) is 67.6 Å². The van der Waals surface area contributed by atoms with Gasteiger partial charge in [-0.3, -0.25) is 9.59 Å². The molecule has 9 nitrogen and oxygen atoms in total. The Kier molecular flexibility index (Phi) is 7.48. The van der Waals surface area contributed by atoms with Crippen LogP contribution in [0.25, 0.3) is 0 Å². The number of carbonyl (C=O) groups is 4. The highest BCUT2D eigenvalue weighted by Crippen LogP contribution is 2.74. The quantitative estimate of drug-likeness (QED) is 0.256. The number of aliphatic hydroxyl groups is 1. The highest BCUT2D eigenvalue weighted by molar-refractivity contribution is 5.92. The van der Waals surface area contributed by atoms with E-state index in [1.54, 1.807) is 6.92 Å². The van der Waals surface area contributed by atoms with Crippen LogP contribution in [0.4, 0.5) is 0 Å². The van der Waals surface area contributed by atoms with E-state index in [-0.39, 0.29) is 47.1 Å². The van der Waals surface area contributed by atoms with Crippen LogP contribution in [-0.4, -0.2) is 52.6 Å². The zero-order valence-electron chi connectivity index (χ0n) is 26.0. The number of aliphatic hydroxyl groups excluding tert-OH is 1. The number of aliphatic carboxylic acids is 1. The van der Waals surface area contributed by atoms with Gasteiger partial charge in [-0.1, -0.05) is 46.6 Å². The molecule has 1 heterocycles. The van der Waals surface area contributed by atoms with Crippen LogP contribution in [0.5, 0.6) is 0 Å². The van der Waals surface area contributed by atoms with Crippen molar-refractivity contribution in [2.75, 3.05) is 0 Å². The third-order valence-electron chi connectivity index (χ3n) is 11.8. The first kappa shape index (κ1) is 30.8. The lowest BCUT2D eigenvalue weighted by atomic mass is 9.34. The molecule has 3 saturated carbocycles. The van der Waals surface area contributed by atoms with Crippen molar-refractivity contribution >= 4 is 23.9 Å². The molecule has 1 aliphatic heterocycles. The Balaban J connectivity index is 1.66. The number of hydrogen-bond acceptors (Lipinski definition) is 8. The molecule has 9 heteroatoms. The van der Waals surface area contributed by atoms with Crippen molar-refractivity contribution in [3.8, 4) is 0 Å². The average Bonchev–Trinajstić information content (AvgIpc) is 3.10. The van der Waals surface area contributed by atoms with Crippen molar-refractivity contribution in [2.45, 2.75) is 118 Å². The lowest BCUT2D eigenvalue weighted by Crippen LogP contribution is -2.70. The molecule has 2 N–H and O–H groups in total. The highest BCUT2D eigenvalue weighted by Gasteiger charge is 2.72. The number of fused-ring (bicyclic) bond motifs is 6. The minimum Gasteiger partial charge on any atom is -0.481 e. The van der Waals surface area contributed by atoms with Gasteiger partial charge < -0.3 is 24.4 Å². The van der Waals surface area contributed by atoms with Gasteiger partial charge in [-0.2, -0.15) is 0 Å². The molecule has 232 valence electrons. The summed E-state index contributed by atoms with van der Waals surface area (Å²) in [4.78, 5) is 49.8. The number of cyclic esters (lactones) is 1. The van der Waals surface area contributed by atoms with Crippen LogP contribution in [0.2, 0.25) is 0 Å². The maximum absolute atomic E-state index is 13.4. The number of ether oxygens (including phenoxy) is 3. The molecule has 42 heavy (non-hydrogen) atoms. The minimum atomic E-state index is -1.35. The molecule has 0 aromatic heterocycles. The van der Waals surface area contributed by atoms with Gasteiger partial charge in [0.1, 0.15) is 12.2 Å². The predicted octanol–water partition coefficient (Wildman–Crippen LogP) is 5.10. The lowest BCUT2D eigenvalue weighted by Gasteiger charge is -2.71. The Bertz CT molecular complexity index is 1260. The Labute approximate surface area is 248 Å². The summed E-state index contributed by atoms with van der Waals surface area (Å²) in [5.74, 6) is -2.46. The molecule has 0 aromatic rings. The summed E-state index contributed by atoms with van der Waals surface area (Å²) >= 11 is 0. The van der Waals surface area contributed by atoms with Gasteiger partial charge in [0.15, 0.2) is 0 Å². The van der Waals surface area contributed by atoms with Gasteiger partial charge in [0.2, 0.25) is 6.29 Å². The summed E-state index contributed by atoms with van der Waals surface area (Å²) in [7, 11) is 0. The van der Waals surface area contributed by atoms with E-state index in [9.17, 15) is 29.4 Å². The number of esters is 3. The molecule has 3 fully saturated rings. The number of carboxylic acid groups (broad SMARTS) is 1. The van der Waals surface area contributed by atoms with E-state index >= 15 is 0 Å². The molecule has 0 amide bonds. The van der Waals surface area contributed by atoms with Gasteiger partial charge in [-0.25, -0.2) is 9.59 Å². The van der Waals surface area contributed by atoms with Crippen molar-refractivity contribution in [3.63, 3.8) is 0 Å². The van der Waals surface area contributed by atoms with E-state index in [0.717, 1.165) is 19.3 Å². The van der Waals surface area contributed by atoms with Crippen LogP contribution in [-0.2, 0) is 33.4 Å². The van der Waals surface area contributed by atoms with Gasteiger partial charge in [0.25, 0.3) is 0 Å². The van der Waals surface area contributed by atoms with Crippen molar-refractivity contribution in [1.82, 2.24) is 0 Å². The van der Waals surface area contributed by atoms with Gasteiger partial charge in [0, 0.05) is 41.4 Å². The average molecular weight is 587 g/mol. The number of carboxylic acids is 1. The fraction of sp³-hybridized carbons (Fsp3) is 0.758. The maximum atomic E-state index is 13.4. The largest absolute Gasteiger partial charge is 0.481 e. The first-order valence-electron chi connectivity index (χ1n) is 15.3. The third-order valence-corrected chi connectivity index (χ3v) is 11.8. The summed E-state index contributed by atoms with van der Waals surface area (Å²) in [5, 5.41) is 20.2. The first-order chi connectivity index (χ1) is 19.4. The molecule has 0 saturated heterocycles. The molecule has 5 rings (SSSR count). The van der Waals surface area contributed by atoms with Gasteiger partial charge in [0.05, 0.1) is 6.42 Å². The zero-order valence-corrected chi connectivity index (χ0v) is 26.0. The Morgan fingerprint density at radius 3 is 2.29 bits per heavy atom. The smallest absolute Gasteiger partial charge is 0.336 e. The van der Waals surface area contributed by atoms with Crippen LogP contribution >= 0.6 is 0 Å². The first-order valence-corrected chi connectivity index (χ1v) is 15.3. The Hall–Kier alpha value is -2.68. The van der Waals surface area contributed by atoms with Crippen LogP contribution < -0.4 is 0 Å². The number of rotatable bonds is 5. The van der Waals surface area contributed by atoms with Crippen molar-refractivity contribution in [3.05, 3.63) is 22.8 Å². The van der Waals surface area contributed by atoms with Gasteiger partial charge >= 0.3 is 23.9 Å². The molecule has 5 aliphatic rings. The molecule has 0 spiro atoms. The predicted molar refractivity (Wildman–Crippen MR) is 151 cm³/mol. The summed E-state index contributed by atoms with van der Waals surface area (Å²) < 4.78 is 17.8. The van der Waals surface area contributed by atoms with Crippen molar-refractivity contribution in [2.24, 2.45) is 39.4 Å². The highest BCUT2D eigenvalue weighted by atomic mass is 16.6. The van der Waals surface area contributed by atoms with E-state index < -0.39 is 41.1 Å². The fourth-order valence-electron chi connectivity index (χ4n) is 11.1. The normalized spacial score (nSPS) is 42.4.